The highest BCUT2D eigenvalue weighted by Crippen LogP contribution is 2.19. The van der Waals surface area contributed by atoms with Gasteiger partial charge in [-0.05, 0) is 32.8 Å². The van der Waals surface area contributed by atoms with E-state index < -0.39 is 0 Å². The van der Waals surface area contributed by atoms with Gasteiger partial charge in [-0.15, -0.1) is 0 Å². The van der Waals surface area contributed by atoms with Crippen LogP contribution in [0.4, 0.5) is 5.95 Å². The van der Waals surface area contributed by atoms with Gasteiger partial charge in [0.2, 0.25) is 11.9 Å². The van der Waals surface area contributed by atoms with Crippen LogP contribution in [0.3, 0.4) is 0 Å². The number of ether oxygens (including phenoxy) is 1. The summed E-state index contributed by atoms with van der Waals surface area (Å²) in [6.07, 6.45) is 5.23. The van der Waals surface area contributed by atoms with E-state index in [9.17, 15) is 9.59 Å². The summed E-state index contributed by atoms with van der Waals surface area (Å²) in [5.74, 6) is 0.241. The second kappa shape index (κ2) is 8.45. The van der Waals surface area contributed by atoms with Gasteiger partial charge in [0.25, 0.3) is 0 Å². The Labute approximate surface area is 136 Å². The van der Waals surface area contributed by atoms with Crippen molar-refractivity contribution in [3.63, 3.8) is 0 Å². The van der Waals surface area contributed by atoms with Crippen LogP contribution < -0.4 is 10.2 Å². The molecule has 1 saturated heterocycles. The molecule has 2 rings (SSSR count). The van der Waals surface area contributed by atoms with E-state index >= 15 is 0 Å². The third-order valence-corrected chi connectivity index (χ3v) is 3.62. The van der Waals surface area contributed by atoms with Gasteiger partial charge >= 0.3 is 5.97 Å². The van der Waals surface area contributed by atoms with E-state index in [4.69, 9.17) is 4.74 Å². The second-order valence-corrected chi connectivity index (χ2v) is 5.91. The van der Waals surface area contributed by atoms with Gasteiger partial charge in [0.15, 0.2) is 0 Å². The number of anilines is 1. The lowest BCUT2D eigenvalue weighted by atomic mass is 9.97. The number of carbonyl (C=O) groups is 2. The van der Waals surface area contributed by atoms with Crippen LogP contribution in [0.5, 0.6) is 0 Å². The maximum atomic E-state index is 12.2. The largest absolute Gasteiger partial charge is 0.463 e. The number of hydrogen-bond donors (Lipinski definition) is 1. The molecule has 1 unspecified atom stereocenters. The number of esters is 1. The highest BCUT2D eigenvalue weighted by atomic mass is 16.5. The normalized spacial score (nSPS) is 17.9. The molecular formula is C16H24N4O3. The molecule has 0 spiro atoms. The lowest BCUT2D eigenvalue weighted by Crippen LogP contribution is -2.44. The van der Waals surface area contributed by atoms with Crippen LogP contribution in [0.25, 0.3) is 0 Å². The fraction of sp³-hybridized carbons (Fsp3) is 0.625. The van der Waals surface area contributed by atoms with E-state index in [1.807, 2.05) is 4.90 Å². The molecule has 0 saturated carbocycles. The third kappa shape index (κ3) is 5.50. The van der Waals surface area contributed by atoms with Gasteiger partial charge in [0, 0.05) is 32.0 Å². The van der Waals surface area contributed by atoms with E-state index in [1.54, 1.807) is 32.3 Å². The zero-order valence-electron chi connectivity index (χ0n) is 13.7. The number of rotatable bonds is 6. The number of carbonyl (C=O) groups excluding carboxylic acids is 2. The number of nitrogens with zero attached hydrogens (tertiary/aromatic N) is 3. The Balaban J connectivity index is 1.77. The third-order valence-electron chi connectivity index (χ3n) is 3.62. The van der Waals surface area contributed by atoms with Gasteiger partial charge in [-0.25, -0.2) is 9.97 Å². The molecule has 1 atom stereocenters. The topological polar surface area (TPSA) is 84.4 Å². The molecule has 1 fully saturated rings. The first-order valence-electron chi connectivity index (χ1n) is 8.05. The molecule has 7 heteroatoms. The van der Waals surface area contributed by atoms with Crippen molar-refractivity contribution in [1.82, 2.24) is 15.3 Å². The van der Waals surface area contributed by atoms with Crippen LogP contribution in [0, 0.1) is 5.92 Å². The molecule has 0 aliphatic carbocycles. The highest BCUT2D eigenvalue weighted by Gasteiger charge is 2.26. The average molecular weight is 320 g/mol. The molecule has 0 bridgehead atoms. The smallest absolute Gasteiger partial charge is 0.307 e. The van der Waals surface area contributed by atoms with Gasteiger partial charge in [0.1, 0.15) is 0 Å². The van der Waals surface area contributed by atoms with Crippen LogP contribution in [-0.4, -0.2) is 47.6 Å². The summed E-state index contributed by atoms with van der Waals surface area (Å²) in [4.78, 5) is 34.2. The van der Waals surface area contributed by atoms with Crippen molar-refractivity contribution in [2.45, 2.75) is 39.2 Å². The Morgan fingerprint density at radius 2 is 2.13 bits per heavy atom. The van der Waals surface area contributed by atoms with Crippen molar-refractivity contribution in [2.24, 2.45) is 5.92 Å². The Kier molecular flexibility index (Phi) is 6.31. The van der Waals surface area contributed by atoms with Crippen LogP contribution in [0.1, 0.15) is 33.1 Å². The highest BCUT2D eigenvalue weighted by molar-refractivity contribution is 5.80. The first kappa shape index (κ1) is 17.2. The van der Waals surface area contributed by atoms with Crippen LogP contribution >= 0.6 is 0 Å². The lowest BCUT2D eigenvalue weighted by Gasteiger charge is -2.31. The fourth-order valence-corrected chi connectivity index (χ4v) is 2.58. The van der Waals surface area contributed by atoms with Crippen LogP contribution in [0.2, 0.25) is 0 Å². The maximum Gasteiger partial charge on any atom is 0.307 e. The molecule has 0 aromatic carbocycles. The Morgan fingerprint density at radius 1 is 1.39 bits per heavy atom. The summed E-state index contributed by atoms with van der Waals surface area (Å²) >= 11 is 0. The standard InChI is InChI=1S/C16H24N4O3/c1-12(2)23-14(21)6-9-17-15(22)13-5-3-10-20(11-13)16-18-7-4-8-19-16/h4,7-8,12-13H,3,5-6,9-11H2,1-2H3,(H,17,22). The fourth-order valence-electron chi connectivity index (χ4n) is 2.58. The van der Waals surface area contributed by atoms with Gasteiger partial charge in [-0.1, -0.05) is 0 Å². The molecule has 2 heterocycles. The molecule has 1 amide bonds. The summed E-state index contributed by atoms with van der Waals surface area (Å²) in [6.45, 7) is 5.38. The zero-order chi connectivity index (χ0) is 16.7. The summed E-state index contributed by atoms with van der Waals surface area (Å²) in [5.41, 5.74) is 0. The molecule has 7 nitrogen and oxygen atoms in total. The SMILES string of the molecule is CC(C)OC(=O)CCNC(=O)C1CCCN(c2ncccn2)C1. The summed E-state index contributed by atoms with van der Waals surface area (Å²) < 4.78 is 5.04. The molecule has 1 aromatic rings. The van der Waals surface area contributed by atoms with Gasteiger partial charge < -0.3 is 15.0 Å². The molecule has 0 radical (unpaired) electrons. The lowest BCUT2D eigenvalue weighted by molar-refractivity contribution is -0.147. The van der Waals surface area contributed by atoms with Crippen LogP contribution in [-0.2, 0) is 14.3 Å². The number of amides is 1. The quantitative estimate of drug-likeness (QED) is 0.792. The molecule has 1 aromatic heterocycles. The van der Waals surface area contributed by atoms with Crippen LogP contribution in [0.15, 0.2) is 18.5 Å². The van der Waals surface area contributed by atoms with Crippen molar-refractivity contribution in [3.8, 4) is 0 Å². The van der Waals surface area contributed by atoms with Crippen molar-refractivity contribution < 1.29 is 14.3 Å². The zero-order valence-corrected chi connectivity index (χ0v) is 13.7. The van der Waals surface area contributed by atoms with E-state index in [1.165, 1.54) is 0 Å². The monoisotopic (exact) mass is 320 g/mol. The van der Waals surface area contributed by atoms with Gasteiger partial charge in [-0.2, -0.15) is 0 Å². The molecule has 23 heavy (non-hydrogen) atoms. The summed E-state index contributed by atoms with van der Waals surface area (Å²) in [6, 6.07) is 1.77. The van der Waals surface area contributed by atoms with Crippen molar-refractivity contribution in [1.29, 1.82) is 0 Å². The minimum atomic E-state index is -0.289. The Bertz CT molecular complexity index is 521. The molecular weight excluding hydrogens is 296 g/mol. The maximum absolute atomic E-state index is 12.2. The summed E-state index contributed by atoms with van der Waals surface area (Å²) in [5, 5.41) is 2.82. The van der Waals surface area contributed by atoms with Gasteiger partial charge in [0.05, 0.1) is 18.4 Å². The summed E-state index contributed by atoms with van der Waals surface area (Å²) in [7, 11) is 0. The van der Waals surface area contributed by atoms with E-state index in [0.717, 1.165) is 19.4 Å². The Hall–Kier alpha value is -2.18. The molecule has 126 valence electrons. The molecule has 1 aliphatic heterocycles. The van der Waals surface area contributed by atoms with Crippen molar-refractivity contribution in [2.75, 3.05) is 24.5 Å². The van der Waals surface area contributed by atoms with Gasteiger partial charge in [-0.3, -0.25) is 9.59 Å². The molecule has 1 aliphatic rings. The van der Waals surface area contributed by atoms with E-state index in [2.05, 4.69) is 15.3 Å². The number of nitrogens with one attached hydrogen (secondary N) is 1. The van der Waals surface area contributed by atoms with Crippen molar-refractivity contribution in [3.05, 3.63) is 18.5 Å². The predicted molar refractivity (Wildman–Crippen MR) is 85.8 cm³/mol. The Morgan fingerprint density at radius 3 is 2.83 bits per heavy atom. The van der Waals surface area contributed by atoms with Crippen molar-refractivity contribution >= 4 is 17.8 Å². The minimum absolute atomic E-state index is 0.0250. The number of piperidine rings is 1. The first-order valence-corrected chi connectivity index (χ1v) is 8.05. The van der Waals surface area contributed by atoms with E-state index in [-0.39, 0.29) is 30.3 Å². The predicted octanol–water partition coefficient (Wildman–Crippen LogP) is 1.15. The first-order chi connectivity index (χ1) is 11.1. The van der Waals surface area contributed by atoms with E-state index in [0.29, 0.717) is 19.0 Å². The minimum Gasteiger partial charge on any atom is -0.463 e. The number of hydrogen-bond acceptors (Lipinski definition) is 6. The average Bonchev–Trinajstić information content (AvgIpc) is 2.55. The second-order valence-electron chi connectivity index (χ2n) is 5.91. The number of aromatic nitrogens is 2. The molecule has 1 N–H and O–H groups in total.